The van der Waals surface area contributed by atoms with Crippen LogP contribution < -0.4 is 16.6 Å². The van der Waals surface area contributed by atoms with E-state index in [1.165, 1.54) is 18.3 Å². The summed E-state index contributed by atoms with van der Waals surface area (Å²) in [6, 6.07) is 8.18. The fraction of sp³-hybridized carbons (Fsp3) is 0.176. The second kappa shape index (κ2) is 6.86. The largest absolute Gasteiger partial charge is 0.328 e. The lowest BCUT2D eigenvalue weighted by Gasteiger charge is -2.07. The minimum absolute atomic E-state index is 0.0145. The van der Waals surface area contributed by atoms with E-state index in [0.717, 1.165) is 4.57 Å². The maximum Gasteiger partial charge on any atom is 0.328 e. The van der Waals surface area contributed by atoms with E-state index in [4.69, 9.17) is 0 Å². The van der Waals surface area contributed by atoms with E-state index in [1.54, 1.807) is 35.7 Å². The Labute approximate surface area is 145 Å². The molecule has 1 aromatic carbocycles. The van der Waals surface area contributed by atoms with Gasteiger partial charge in [0.1, 0.15) is 4.70 Å². The van der Waals surface area contributed by atoms with Crippen molar-refractivity contribution in [3.63, 3.8) is 0 Å². The van der Waals surface area contributed by atoms with Crippen molar-refractivity contribution in [2.75, 3.05) is 5.32 Å². The molecule has 0 saturated carbocycles. The van der Waals surface area contributed by atoms with Crippen molar-refractivity contribution in [2.24, 2.45) is 0 Å². The maximum atomic E-state index is 12.3. The van der Waals surface area contributed by atoms with Crippen molar-refractivity contribution in [3.05, 3.63) is 62.1 Å². The average Bonchev–Trinajstić information content (AvgIpc) is 3.03. The Morgan fingerprint density at radius 2 is 1.88 bits per heavy atom. The van der Waals surface area contributed by atoms with Gasteiger partial charge in [-0.25, -0.2) is 4.79 Å². The highest BCUT2D eigenvalue weighted by Crippen LogP contribution is 2.12. The Morgan fingerprint density at radius 3 is 2.56 bits per heavy atom. The molecule has 2 heterocycles. The predicted molar refractivity (Wildman–Crippen MR) is 96.4 cm³/mol. The van der Waals surface area contributed by atoms with E-state index in [9.17, 15) is 19.2 Å². The van der Waals surface area contributed by atoms with Crippen molar-refractivity contribution < 1.29 is 9.59 Å². The van der Waals surface area contributed by atoms with Gasteiger partial charge in [0, 0.05) is 24.2 Å². The fourth-order valence-corrected chi connectivity index (χ4v) is 3.20. The summed E-state index contributed by atoms with van der Waals surface area (Å²) in [6.07, 6.45) is -0.0195. The van der Waals surface area contributed by atoms with E-state index >= 15 is 0 Å². The lowest BCUT2D eigenvalue weighted by molar-refractivity contribution is -0.116. The lowest BCUT2D eigenvalue weighted by atomic mass is 10.1. The number of thiophene rings is 1. The van der Waals surface area contributed by atoms with Crippen LogP contribution in [0.25, 0.3) is 10.2 Å². The summed E-state index contributed by atoms with van der Waals surface area (Å²) >= 11 is 1.25. The molecule has 128 valence electrons. The molecular formula is C17H15N3O4S. The van der Waals surface area contributed by atoms with Gasteiger partial charge in [-0.05, 0) is 42.6 Å². The molecule has 0 saturated heterocycles. The molecule has 0 aliphatic rings. The van der Waals surface area contributed by atoms with Crippen LogP contribution in [0.4, 0.5) is 5.69 Å². The summed E-state index contributed by atoms with van der Waals surface area (Å²) in [7, 11) is 0. The highest BCUT2D eigenvalue weighted by Gasteiger charge is 2.11. The van der Waals surface area contributed by atoms with Gasteiger partial charge in [-0.15, -0.1) is 11.3 Å². The van der Waals surface area contributed by atoms with E-state index < -0.39 is 11.2 Å². The molecule has 7 nitrogen and oxygen atoms in total. The van der Waals surface area contributed by atoms with Gasteiger partial charge < -0.3 is 10.3 Å². The van der Waals surface area contributed by atoms with Gasteiger partial charge in [-0.3, -0.25) is 19.0 Å². The molecule has 25 heavy (non-hydrogen) atoms. The second-order valence-electron chi connectivity index (χ2n) is 5.48. The Kier molecular flexibility index (Phi) is 4.62. The van der Waals surface area contributed by atoms with Crippen molar-refractivity contribution in [2.45, 2.75) is 19.9 Å². The third-order valence-corrected chi connectivity index (χ3v) is 4.63. The highest BCUT2D eigenvalue weighted by molar-refractivity contribution is 7.17. The summed E-state index contributed by atoms with van der Waals surface area (Å²) in [5.41, 5.74) is 0.679. The summed E-state index contributed by atoms with van der Waals surface area (Å²) in [5, 5.41) is 4.40. The van der Waals surface area contributed by atoms with Gasteiger partial charge in [0.15, 0.2) is 5.78 Å². The molecule has 0 aliphatic heterocycles. The van der Waals surface area contributed by atoms with E-state index in [1.807, 2.05) is 0 Å². The van der Waals surface area contributed by atoms with Gasteiger partial charge in [-0.2, -0.15) is 0 Å². The number of aromatic amines is 1. The first-order valence-electron chi connectivity index (χ1n) is 7.57. The standard InChI is InChI=1S/C17H15N3O4S/c1-10(21)11-2-4-12(5-3-11)18-14(22)6-8-20-16(23)15-13(7-9-25-15)19-17(20)24/h2-5,7,9H,6,8H2,1H3,(H,18,22)(H,19,24). The molecule has 0 unspecified atom stereocenters. The molecule has 0 aliphatic carbocycles. The molecule has 0 bridgehead atoms. The first-order valence-corrected chi connectivity index (χ1v) is 8.45. The number of H-pyrrole nitrogens is 1. The van der Waals surface area contributed by atoms with Crippen molar-refractivity contribution in [3.8, 4) is 0 Å². The Balaban J connectivity index is 1.69. The highest BCUT2D eigenvalue weighted by atomic mass is 32.1. The van der Waals surface area contributed by atoms with Crippen LogP contribution in [0.15, 0.2) is 45.3 Å². The molecule has 0 atom stereocenters. The molecule has 2 aromatic heterocycles. The quantitative estimate of drug-likeness (QED) is 0.682. The molecule has 0 spiro atoms. The number of aromatic nitrogens is 2. The molecule has 2 N–H and O–H groups in total. The minimum atomic E-state index is -0.533. The molecule has 3 rings (SSSR count). The zero-order valence-electron chi connectivity index (χ0n) is 13.4. The van der Waals surface area contributed by atoms with E-state index in [2.05, 4.69) is 10.3 Å². The second-order valence-corrected chi connectivity index (χ2v) is 6.40. The minimum Gasteiger partial charge on any atom is -0.326 e. The summed E-state index contributed by atoms with van der Waals surface area (Å²) in [6.45, 7) is 1.45. The number of anilines is 1. The monoisotopic (exact) mass is 357 g/mol. The van der Waals surface area contributed by atoms with Crippen molar-refractivity contribution in [1.29, 1.82) is 0 Å². The van der Waals surface area contributed by atoms with Gasteiger partial charge in [0.25, 0.3) is 5.56 Å². The number of ketones is 1. The SMILES string of the molecule is CC(=O)c1ccc(NC(=O)CCn2c(=O)[nH]c3ccsc3c2=O)cc1. The van der Waals surface area contributed by atoms with Crippen LogP contribution in [0.5, 0.6) is 0 Å². The van der Waals surface area contributed by atoms with E-state index in [0.29, 0.717) is 21.5 Å². The molecule has 8 heteroatoms. The summed E-state index contributed by atoms with van der Waals surface area (Å²) in [5.74, 6) is -0.381. The number of nitrogens with zero attached hydrogens (tertiary/aromatic N) is 1. The number of Topliss-reactive ketones (excluding diaryl/α,β-unsaturated/α-hetero) is 1. The van der Waals surface area contributed by atoms with Crippen LogP contribution in [0.3, 0.4) is 0 Å². The zero-order chi connectivity index (χ0) is 18.0. The van der Waals surface area contributed by atoms with Gasteiger partial charge in [0.2, 0.25) is 5.91 Å². The Morgan fingerprint density at radius 1 is 1.16 bits per heavy atom. The van der Waals surface area contributed by atoms with Crippen LogP contribution in [-0.4, -0.2) is 21.2 Å². The Hall–Kier alpha value is -3.00. The predicted octanol–water partition coefficient (Wildman–Crippen LogP) is 1.98. The van der Waals surface area contributed by atoms with Gasteiger partial charge >= 0.3 is 5.69 Å². The van der Waals surface area contributed by atoms with Crippen molar-refractivity contribution >= 4 is 38.9 Å². The smallest absolute Gasteiger partial charge is 0.326 e. The van der Waals surface area contributed by atoms with Crippen molar-refractivity contribution in [1.82, 2.24) is 9.55 Å². The average molecular weight is 357 g/mol. The number of hydrogen-bond acceptors (Lipinski definition) is 5. The maximum absolute atomic E-state index is 12.3. The number of benzene rings is 1. The van der Waals surface area contributed by atoms with Crippen LogP contribution in [0.2, 0.25) is 0 Å². The van der Waals surface area contributed by atoms with Crippen LogP contribution >= 0.6 is 11.3 Å². The number of amides is 1. The third-order valence-electron chi connectivity index (χ3n) is 3.73. The van der Waals surface area contributed by atoms with Gasteiger partial charge in [-0.1, -0.05) is 0 Å². The Bertz CT molecular complexity index is 1060. The molecule has 0 fully saturated rings. The molecule has 1 amide bonds. The zero-order valence-corrected chi connectivity index (χ0v) is 14.2. The molecular weight excluding hydrogens is 342 g/mol. The number of hydrogen-bond donors (Lipinski definition) is 2. The van der Waals surface area contributed by atoms with Gasteiger partial charge in [0.05, 0.1) is 5.52 Å². The number of fused-ring (bicyclic) bond motifs is 1. The van der Waals surface area contributed by atoms with E-state index in [-0.39, 0.29) is 24.7 Å². The lowest BCUT2D eigenvalue weighted by Crippen LogP contribution is -2.35. The normalized spacial score (nSPS) is 10.8. The third kappa shape index (κ3) is 3.58. The number of carbonyl (C=O) groups excluding carboxylic acids is 2. The summed E-state index contributed by atoms with van der Waals surface area (Å²) in [4.78, 5) is 50.1. The number of nitrogens with one attached hydrogen (secondary N) is 2. The first kappa shape index (κ1) is 16.8. The number of carbonyl (C=O) groups is 2. The molecule has 3 aromatic rings. The van der Waals surface area contributed by atoms with Crippen LogP contribution in [-0.2, 0) is 11.3 Å². The molecule has 0 radical (unpaired) electrons. The first-order chi connectivity index (χ1) is 12.0. The van der Waals surface area contributed by atoms with Crippen LogP contribution in [0, 0.1) is 0 Å². The topological polar surface area (TPSA) is 101 Å². The summed E-state index contributed by atoms with van der Waals surface area (Å²) < 4.78 is 1.48. The number of rotatable bonds is 5. The van der Waals surface area contributed by atoms with Crippen LogP contribution in [0.1, 0.15) is 23.7 Å². The fourth-order valence-electron chi connectivity index (χ4n) is 2.40.